The summed E-state index contributed by atoms with van der Waals surface area (Å²) in [6.07, 6.45) is 13.7. The Balaban J connectivity index is 1.50. The number of carbonyl (C=O) groups is 2. The van der Waals surface area contributed by atoms with Crippen LogP contribution in [-0.4, -0.2) is 11.6 Å². The van der Waals surface area contributed by atoms with E-state index < -0.39 is 0 Å². The van der Waals surface area contributed by atoms with Gasteiger partial charge >= 0.3 is 0 Å². The molecule has 4 aliphatic carbocycles. The number of Topliss-reactive ketones (excluding diaryl/α,β-unsaturated/α-hetero) is 2. The molecule has 0 aromatic heterocycles. The minimum absolute atomic E-state index is 0.0113. The largest absolute Gasteiger partial charge is 0.300 e. The first kappa shape index (κ1) is 21.6. The predicted octanol–water partition coefficient (Wildman–Crippen LogP) is 6.86. The van der Waals surface area contributed by atoms with Crippen LogP contribution in [0.15, 0.2) is 0 Å². The summed E-state index contributed by atoms with van der Waals surface area (Å²) < 4.78 is 0. The molecule has 0 aromatic carbocycles. The van der Waals surface area contributed by atoms with Gasteiger partial charge in [0, 0.05) is 17.8 Å². The first-order valence-electron chi connectivity index (χ1n) is 12.8. The van der Waals surface area contributed by atoms with Crippen molar-refractivity contribution in [2.75, 3.05) is 0 Å². The van der Waals surface area contributed by atoms with Crippen molar-refractivity contribution in [2.24, 2.45) is 52.3 Å². The lowest BCUT2D eigenvalue weighted by molar-refractivity contribution is -0.160. The lowest BCUT2D eigenvalue weighted by Gasteiger charge is -2.60. The third-order valence-electron chi connectivity index (χ3n) is 10.9. The van der Waals surface area contributed by atoms with Crippen LogP contribution in [0, 0.1) is 52.3 Å². The molecule has 0 aliphatic heterocycles. The highest BCUT2D eigenvalue weighted by Gasteiger charge is 2.64. The molecule has 0 spiro atoms. The first-order valence-corrected chi connectivity index (χ1v) is 12.8. The van der Waals surface area contributed by atoms with Crippen LogP contribution in [0.25, 0.3) is 0 Å². The molecule has 6 unspecified atom stereocenters. The summed E-state index contributed by atoms with van der Waals surface area (Å²) in [7, 11) is 0. The molecule has 4 aliphatic rings. The molecule has 4 fully saturated rings. The van der Waals surface area contributed by atoms with Crippen molar-refractivity contribution in [2.45, 2.75) is 105 Å². The Bertz CT molecular complexity index is 653. The molecule has 0 amide bonds. The lowest BCUT2D eigenvalue weighted by Crippen LogP contribution is -2.57. The summed E-state index contributed by atoms with van der Waals surface area (Å²) in [5, 5.41) is 0. The van der Waals surface area contributed by atoms with Gasteiger partial charge in [0.1, 0.15) is 11.6 Å². The Morgan fingerprint density at radius 3 is 2.55 bits per heavy atom. The van der Waals surface area contributed by atoms with Gasteiger partial charge in [-0.2, -0.15) is 0 Å². The monoisotopic (exact) mass is 400 g/mol. The summed E-state index contributed by atoms with van der Waals surface area (Å²) in [4.78, 5) is 25.8. The molecule has 4 saturated carbocycles. The van der Waals surface area contributed by atoms with Crippen molar-refractivity contribution in [1.29, 1.82) is 0 Å². The first-order chi connectivity index (χ1) is 13.7. The number of ketones is 2. The lowest BCUT2D eigenvalue weighted by atomic mass is 9.43. The predicted molar refractivity (Wildman–Crippen MR) is 118 cm³/mol. The van der Waals surface area contributed by atoms with Gasteiger partial charge < -0.3 is 0 Å². The van der Waals surface area contributed by atoms with E-state index in [2.05, 4.69) is 27.7 Å². The molecule has 0 aromatic rings. The Hall–Kier alpha value is -0.660. The Labute approximate surface area is 179 Å². The van der Waals surface area contributed by atoms with Crippen LogP contribution in [0.2, 0.25) is 0 Å². The summed E-state index contributed by atoms with van der Waals surface area (Å²) in [5.74, 6) is 4.99. The molecule has 0 saturated heterocycles. The minimum atomic E-state index is -0.357. The fraction of sp³-hybridized carbons (Fsp3) is 0.926. The van der Waals surface area contributed by atoms with Crippen LogP contribution in [0.1, 0.15) is 105 Å². The van der Waals surface area contributed by atoms with Crippen molar-refractivity contribution < 1.29 is 9.59 Å². The van der Waals surface area contributed by atoms with Gasteiger partial charge in [0.25, 0.3) is 0 Å². The van der Waals surface area contributed by atoms with E-state index in [1.54, 1.807) is 6.92 Å². The highest BCUT2D eigenvalue weighted by atomic mass is 16.1. The van der Waals surface area contributed by atoms with Crippen molar-refractivity contribution in [1.82, 2.24) is 0 Å². The van der Waals surface area contributed by atoms with Gasteiger partial charge in [0.15, 0.2) is 0 Å². The quantitative estimate of drug-likeness (QED) is 0.505. The average Bonchev–Trinajstić information content (AvgIpc) is 3.06. The number of rotatable bonds is 5. The minimum Gasteiger partial charge on any atom is -0.300 e. The maximum absolute atomic E-state index is 13.5. The van der Waals surface area contributed by atoms with E-state index in [0.29, 0.717) is 29.0 Å². The Morgan fingerprint density at radius 1 is 1.10 bits per heavy atom. The molecule has 2 nitrogen and oxygen atoms in total. The van der Waals surface area contributed by atoms with E-state index in [4.69, 9.17) is 0 Å². The van der Waals surface area contributed by atoms with Crippen molar-refractivity contribution in [3.63, 3.8) is 0 Å². The van der Waals surface area contributed by atoms with Crippen molar-refractivity contribution in [3.05, 3.63) is 0 Å². The highest BCUT2D eigenvalue weighted by Crippen LogP contribution is 2.67. The maximum Gasteiger partial charge on any atom is 0.140 e. The molecule has 2 heteroatoms. The summed E-state index contributed by atoms with van der Waals surface area (Å²) >= 11 is 0. The van der Waals surface area contributed by atoms with E-state index in [0.717, 1.165) is 37.0 Å². The number of carbonyl (C=O) groups excluding carboxylic acids is 2. The third-order valence-corrected chi connectivity index (χ3v) is 10.9. The van der Waals surface area contributed by atoms with E-state index in [-0.39, 0.29) is 17.1 Å². The van der Waals surface area contributed by atoms with Crippen LogP contribution in [-0.2, 0) is 9.59 Å². The molecular weight excluding hydrogens is 356 g/mol. The standard InChI is InChI=1S/C27H44O2/c1-6-17(2)7-8-19-13-14-26(4)20(15-19)9-10-21-23-12-11-22(18(3)28)27(23,5)25(29)16-24(21)26/h17,19-24H,6-16H2,1-5H3/t17?,19?,20?,21?,22-,23?,24?,26+,27-/m1/s1. The van der Waals surface area contributed by atoms with E-state index in [9.17, 15) is 9.59 Å². The zero-order valence-corrected chi connectivity index (χ0v) is 19.6. The molecule has 9 atom stereocenters. The summed E-state index contributed by atoms with van der Waals surface area (Å²) in [6, 6.07) is 0. The highest BCUT2D eigenvalue weighted by molar-refractivity contribution is 5.93. The van der Waals surface area contributed by atoms with Gasteiger partial charge in [0.05, 0.1) is 0 Å². The van der Waals surface area contributed by atoms with Crippen LogP contribution < -0.4 is 0 Å². The van der Waals surface area contributed by atoms with Gasteiger partial charge in [-0.05, 0) is 92.8 Å². The molecular formula is C27H44O2. The Morgan fingerprint density at radius 2 is 1.86 bits per heavy atom. The number of hydrogen-bond donors (Lipinski definition) is 0. The van der Waals surface area contributed by atoms with Crippen molar-refractivity contribution >= 4 is 11.6 Å². The van der Waals surface area contributed by atoms with E-state index in [1.165, 1.54) is 51.4 Å². The normalized spacial score (nSPS) is 47.8. The Kier molecular flexibility index (Phi) is 5.79. The smallest absolute Gasteiger partial charge is 0.140 e. The zero-order valence-electron chi connectivity index (χ0n) is 19.6. The van der Waals surface area contributed by atoms with Gasteiger partial charge in [-0.1, -0.05) is 47.0 Å². The third kappa shape index (κ3) is 3.35. The van der Waals surface area contributed by atoms with Crippen LogP contribution in [0.5, 0.6) is 0 Å². The topological polar surface area (TPSA) is 34.1 Å². The number of fused-ring (bicyclic) bond motifs is 5. The number of hydrogen-bond acceptors (Lipinski definition) is 2. The molecule has 0 bridgehead atoms. The van der Waals surface area contributed by atoms with Crippen LogP contribution >= 0.6 is 0 Å². The molecule has 29 heavy (non-hydrogen) atoms. The second-order valence-electron chi connectivity index (χ2n) is 12.0. The molecule has 0 radical (unpaired) electrons. The fourth-order valence-electron chi connectivity index (χ4n) is 8.69. The van der Waals surface area contributed by atoms with Gasteiger partial charge in [-0.3, -0.25) is 9.59 Å². The molecule has 4 rings (SSSR count). The van der Waals surface area contributed by atoms with E-state index >= 15 is 0 Å². The van der Waals surface area contributed by atoms with Gasteiger partial charge in [0.2, 0.25) is 0 Å². The SMILES string of the molecule is CCC(C)CCC1CC[C@@]2(C)C(CCC3C2CC(=O)[C@@]2(C)C3CC[C@@H]2C(C)=O)C1. The zero-order chi connectivity index (χ0) is 21.0. The van der Waals surface area contributed by atoms with Crippen LogP contribution in [0.3, 0.4) is 0 Å². The van der Waals surface area contributed by atoms with E-state index in [1.807, 2.05) is 0 Å². The maximum atomic E-state index is 13.5. The average molecular weight is 401 g/mol. The summed E-state index contributed by atoms with van der Waals surface area (Å²) in [5.41, 5.74) is 0.00474. The summed E-state index contributed by atoms with van der Waals surface area (Å²) in [6.45, 7) is 11.1. The molecule has 0 N–H and O–H groups in total. The van der Waals surface area contributed by atoms with Crippen LogP contribution in [0.4, 0.5) is 0 Å². The fourth-order valence-corrected chi connectivity index (χ4v) is 8.69. The van der Waals surface area contributed by atoms with Gasteiger partial charge in [-0.25, -0.2) is 0 Å². The van der Waals surface area contributed by atoms with Gasteiger partial charge in [-0.15, -0.1) is 0 Å². The second-order valence-corrected chi connectivity index (χ2v) is 12.0. The van der Waals surface area contributed by atoms with Crippen molar-refractivity contribution in [3.8, 4) is 0 Å². The second kappa shape index (κ2) is 7.79. The molecule has 164 valence electrons. The molecule has 0 heterocycles.